The predicted octanol–water partition coefficient (Wildman–Crippen LogP) is 4.65. The molecule has 4 rings (SSSR count). The van der Waals surface area contributed by atoms with Gasteiger partial charge in [0.25, 0.3) is 0 Å². The molecule has 33 heavy (non-hydrogen) atoms. The Balaban J connectivity index is 1.25. The number of anilines is 1. The van der Waals surface area contributed by atoms with Crippen molar-refractivity contribution in [2.75, 3.05) is 19.0 Å². The summed E-state index contributed by atoms with van der Waals surface area (Å²) in [5.74, 6) is 0.597. The molecule has 2 aromatic heterocycles. The van der Waals surface area contributed by atoms with Crippen molar-refractivity contribution < 1.29 is 19.4 Å². The Hall–Kier alpha value is -2.96. The fraction of sp³-hybridized carbons (Fsp3) is 0.538. The minimum absolute atomic E-state index is 0.116. The van der Waals surface area contributed by atoms with Crippen molar-refractivity contribution in [3.63, 3.8) is 0 Å². The van der Waals surface area contributed by atoms with Crippen LogP contribution in [0.1, 0.15) is 85.6 Å². The van der Waals surface area contributed by atoms with Gasteiger partial charge in [0.05, 0.1) is 13.0 Å². The number of carbonyl (C=O) groups excluding carboxylic acids is 1. The number of methoxy groups -OCH3 is 1. The van der Waals surface area contributed by atoms with E-state index < -0.39 is 11.9 Å². The summed E-state index contributed by atoms with van der Waals surface area (Å²) >= 11 is 0. The Morgan fingerprint density at radius 1 is 1.24 bits per heavy atom. The average Bonchev–Trinajstić information content (AvgIpc) is 3.67. The fourth-order valence-electron chi connectivity index (χ4n) is 4.58. The Labute approximate surface area is 195 Å². The lowest BCUT2D eigenvalue weighted by Crippen LogP contribution is -2.15. The summed E-state index contributed by atoms with van der Waals surface area (Å²) < 4.78 is 5.02. The van der Waals surface area contributed by atoms with Crippen LogP contribution in [-0.4, -0.2) is 40.5 Å². The number of fused-ring (bicyclic) bond motifs is 1. The van der Waals surface area contributed by atoms with Gasteiger partial charge in [0.1, 0.15) is 11.6 Å². The lowest BCUT2D eigenvalue weighted by molar-refractivity contribution is -0.139. The molecule has 0 aromatic carbocycles. The molecule has 0 unspecified atom stereocenters. The summed E-state index contributed by atoms with van der Waals surface area (Å²) in [5.41, 5.74) is 4.55. The van der Waals surface area contributed by atoms with Crippen molar-refractivity contribution in [1.82, 2.24) is 9.97 Å². The van der Waals surface area contributed by atoms with Crippen molar-refractivity contribution in [1.29, 1.82) is 0 Å². The molecule has 3 heterocycles. The molecule has 2 aromatic rings. The Morgan fingerprint density at radius 3 is 2.79 bits per heavy atom. The number of aliphatic carboxylic acids is 1. The second kappa shape index (κ2) is 10.8. The molecule has 1 atom stereocenters. The number of aryl methyl sites for hydroxylation is 2. The van der Waals surface area contributed by atoms with Crippen LogP contribution in [0.5, 0.6) is 5.88 Å². The lowest BCUT2D eigenvalue weighted by atomic mass is 9.93. The highest BCUT2D eigenvalue weighted by Crippen LogP contribution is 2.43. The van der Waals surface area contributed by atoms with Crippen LogP contribution in [0.15, 0.2) is 24.4 Å². The third-order valence-corrected chi connectivity index (χ3v) is 6.65. The number of hydrogen-bond acceptors (Lipinski definition) is 6. The van der Waals surface area contributed by atoms with Crippen LogP contribution in [0.3, 0.4) is 0 Å². The van der Waals surface area contributed by atoms with Gasteiger partial charge in [0.15, 0.2) is 0 Å². The number of carboxylic acid groups (broad SMARTS) is 1. The zero-order valence-corrected chi connectivity index (χ0v) is 19.3. The number of carbonyl (C=O) groups is 2. The predicted molar refractivity (Wildman–Crippen MR) is 126 cm³/mol. The number of rotatable bonds is 12. The van der Waals surface area contributed by atoms with Gasteiger partial charge in [-0.05, 0) is 74.0 Å². The number of ketones is 1. The first-order valence-corrected chi connectivity index (χ1v) is 12.1. The smallest absolute Gasteiger partial charge is 0.311 e. The van der Waals surface area contributed by atoms with Gasteiger partial charge in [0, 0.05) is 37.3 Å². The van der Waals surface area contributed by atoms with Gasteiger partial charge in [-0.25, -0.2) is 9.97 Å². The number of carboxylic acids is 1. The van der Waals surface area contributed by atoms with Crippen molar-refractivity contribution >= 4 is 17.6 Å². The van der Waals surface area contributed by atoms with Crippen LogP contribution in [0.25, 0.3) is 0 Å². The number of Topliss-reactive ketones (excluding diaryl/α,β-unsaturated/α-hetero) is 1. The molecule has 1 aliphatic carbocycles. The van der Waals surface area contributed by atoms with Crippen LogP contribution in [0, 0.1) is 0 Å². The average molecular weight is 452 g/mol. The van der Waals surface area contributed by atoms with Crippen molar-refractivity contribution in [2.45, 2.75) is 76.0 Å². The Kier molecular flexibility index (Phi) is 7.57. The van der Waals surface area contributed by atoms with Crippen LogP contribution in [0.4, 0.5) is 5.82 Å². The first kappa shape index (κ1) is 23.2. The van der Waals surface area contributed by atoms with E-state index in [1.54, 1.807) is 12.1 Å². The number of aromatic nitrogens is 2. The molecular formula is C26H33N3O4. The zero-order valence-electron chi connectivity index (χ0n) is 19.3. The van der Waals surface area contributed by atoms with E-state index in [9.17, 15) is 14.7 Å². The van der Waals surface area contributed by atoms with Crippen molar-refractivity contribution in [3.05, 3.63) is 46.8 Å². The number of nitrogens with zero attached hydrogens (tertiary/aromatic N) is 2. The normalized spacial score (nSPS) is 15.9. The minimum Gasteiger partial charge on any atom is -0.481 e. The van der Waals surface area contributed by atoms with Crippen LogP contribution in [-0.2, 0) is 22.4 Å². The quantitative estimate of drug-likeness (QED) is 0.453. The summed E-state index contributed by atoms with van der Waals surface area (Å²) in [6.07, 6.45) is 9.94. The molecule has 1 aliphatic heterocycles. The summed E-state index contributed by atoms with van der Waals surface area (Å²) in [6, 6.07) is 5.72. The molecule has 7 heteroatoms. The molecule has 1 fully saturated rings. The summed E-state index contributed by atoms with van der Waals surface area (Å²) in [5, 5.41) is 13.0. The minimum atomic E-state index is -0.936. The van der Waals surface area contributed by atoms with E-state index in [0.29, 0.717) is 23.8 Å². The van der Waals surface area contributed by atoms with E-state index in [4.69, 9.17) is 9.72 Å². The van der Waals surface area contributed by atoms with Crippen molar-refractivity contribution in [2.24, 2.45) is 0 Å². The first-order valence-electron chi connectivity index (χ1n) is 12.1. The maximum absolute atomic E-state index is 12.4. The third-order valence-electron chi connectivity index (χ3n) is 6.65. The number of unbranched alkanes of at least 4 members (excludes halogenated alkanes) is 1. The molecule has 0 spiro atoms. The highest BCUT2D eigenvalue weighted by Gasteiger charge is 2.28. The molecule has 0 radical (unpaired) electrons. The number of ether oxygens (including phenoxy) is 1. The Bertz CT molecular complexity index is 986. The monoisotopic (exact) mass is 451 g/mol. The van der Waals surface area contributed by atoms with Gasteiger partial charge < -0.3 is 15.2 Å². The number of nitrogens with one attached hydrogen (secondary N) is 1. The van der Waals surface area contributed by atoms with Crippen LogP contribution in [0.2, 0.25) is 0 Å². The zero-order chi connectivity index (χ0) is 23.2. The highest BCUT2D eigenvalue weighted by atomic mass is 16.5. The van der Waals surface area contributed by atoms with Gasteiger partial charge in [-0.1, -0.05) is 12.1 Å². The van der Waals surface area contributed by atoms with Gasteiger partial charge in [0.2, 0.25) is 5.88 Å². The molecule has 0 bridgehead atoms. The van der Waals surface area contributed by atoms with Gasteiger partial charge in [-0.15, -0.1) is 0 Å². The van der Waals surface area contributed by atoms with Crippen LogP contribution >= 0.6 is 0 Å². The summed E-state index contributed by atoms with van der Waals surface area (Å²) in [7, 11) is 1.51. The van der Waals surface area contributed by atoms with Gasteiger partial charge >= 0.3 is 5.97 Å². The van der Waals surface area contributed by atoms with Crippen LogP contribution < -0.4 is 10.1 Å². The first-order chi connectivity index (χ1) is 16.0. The van der Waals surface area contributed by atoms with Gasteiger partial charge in [-0.2, -0.15) is 0 Å². The number of hydrogen-bond donors (Lipinski definition) is 2. The largest absolute Gasteiger partial charge is 0.481 e. The maximum Gasteiger partial charge on any atom is 0.311 e. The molecule has 7 nitrogen and oxygen atoms in total. The second-order valence-corrected chi connectivity index (χ2v) is 9.15. The lowest BCUT2D eigenvalue weighted by Gasteiger charge is -2.20. The molecule has 2 N–H and O–H groups in total. The van der Waals surface area contributed by atoms with E-state index in [0.717, 1.165) is 44.5 Å². The van der Waals surface area contributed by atoms with E-state index in [2.05, 4.69) is 16.4 Å². The summed E-state index contributed by atoms with van der Waals surface area (Å²) in [4.78, 5) is 33.2. The molecule has 1 saturated carbocycles. The van der Waals surface area contributed by atoms with Gasteiger partial charge in [-0.3, -0.25) is 9.59 Å². The molecular weight excluding hydrogens is 418 g/mol. The second-order valence-electron chi connectivity index (χ2n) is 9.15. The summed E-state index contributed by atoms with van der Waals surface area (Å²) in [6.45, 7) is 0.987. The van der Waals surface area contributed by atoms with E-state index in [1.165, 1.54) is 43.0 Å². The molecule has 176 valence electrons. The van der Waals surface area contributed by atoms with E-state index >= 15 is 0 Å². The topological polar surface area (TPSA) is 101 Å². The highest BCUT2D eigenvalue weighted by molar-refractivity contribution is 5.80. The molecule has 0 amide bonds. The third kappa shape index (κ3) is 6.09. The standard InChI is InChI=1S/C26H33N3O4/c1-33-24-13-10-19(16-28-24)21(26(31)32)12-11-20(30)6-2-3-7-23-22(17-8-9-17)15-18-5-4-14-27-25(18)29-23/h10,13,15-17,21H,2-9,11-12,14H2,1H3,(H,27,29)(H,31,32)/t21-/m0/s1. The van der Waals surface area contributed by atoms with E-state index in [1.807, 2.05) is 0 Å². The SMILES string of the molecule is COc1ccc([C@H](CCC(=O)CCCCc2nc3c(cc2C2CC2)CCCN3)C(=O)O)cn1. The number of pyridine rings is 2. The Morgan fingerprint density at radius 2 is 2.09 bits per heavy atom. The van der Waals surface area contributed by atoms with Crippen molar-refractivity contribution in [3.8, 4) is 5.88 Å². The molecule has 2 aliphatic rings. The molecule has 0 saturated heterocycles. The maximum atomic E-state index is 12.4. The fourth-order valence-corrected chi connectivity index (χ4v) is 4.58. The van der Waals surface area contributed by atoms with E-state index in [-0.39, 0.29) is 18.6 Å².